The second-order valence-corrected chi connectivity index (χ2v) is 4.56. The second kappa shape index (κ2) is 9.53. The molecule has 0 saturated heterocycles. The van der Waals surface area contributed by atoms with Crippen LogP contribution in [0.15, 0.2) is 24.3 Å². The van der Waals surface area contributed by atoms with E-state index in [2.05, 4.69) is 17.6 Å². The van der Waals surface area contributed by atoms with Crippen LogP contribution >= 0.6 is 0 Å². The number of hydrogen-bond acceptors (Lipinski definition) is 3. The molecule has 0 aliphatic heterocycles. The van der Waals surface area contributed by atoms with Gasteiger partial charge in [0.2, 0.25) is 5.91 Å². The van der Waals surface area contributed by atoms with Crippen LogP contribution in [0.5, 0.6) is 0 Å². The Morgan fingerprint density at radius 2 is 2.16 bits per heavy atom. The van der Waals surface area contributed by atoms with Crippen LogP contribution < -0.4 is 10.6 Å². The van der Waals surface area contributed by atoms with Gasteiger partial charge >= 0.3 is 0 Å². The van der Waals surface area contributed by atoms with Crippen molar-refractivity contribution >= 4 is 11.6 Å². The molecule has 0 fully saturated rings. The SMILES string of the molecule is CCCCOCCNCC(=O)Nc1cccc(C)c1. The van der Waals surface area contributed by atoms with Crippen LogP contribution in [0.1, 0.15) is 25.3 Å². The zero-order chi connectivity index (χ0) is 13.9. The number of benzene rings is 1. The van der Waals surface area contributed by atoms with Crippen molar-refractivity contribution < 1.29 is 9.53 Å². The molecule has 1 aromatic carbocycles. The maximum absolute atomic E-state index is 11.6. The van der Waals surface area contributed by atoms with E-state index in [1.807, 2.05) is 31.2 Å². The zero-order valence-corrected chi connectivity index (χ0v) is 11.9. The maximum Gasteiger partial charge on any atom is 0.238 e. The fraction of sp³-hybridized carbons (Fsp3) is 0.533. The summed E-state index contributed by atoms with van der Waals surface area (Å²) in [5, 5.41) is 5.91. The van der Waals surface area contributed by atoms with Gasteiger partial charge in [0, 0.05) is 18.8 Å². The molecule has 0 aromatic heterocycles. The van der Waals surface area contributed by atoms with E-state index in [9.17, 15) is 4.79 Å². The minimum atomic E-state index is -0.0286. The van der Waals surface area contributed by atoms with Gasteiger partial charge in [0.25, 0.3) is 0 Å². The molecule has 106 valence electrons. The lowest BCUT2D eigenvalue weighted by Gasteiger charge is -2.07. The Kier molecular flexibility index (Phi) is 7.86. The third-order valence-corrected chi connectivity index (χ3v) is 2.65. The van der Waals surface area contributed by atoms with Gasteiger partial charge in [0.05, 0.1) is 13.2 Å². The predicted octanol–water partition coefficient (Wildman–Crippen LogP) is 2.34. The lowest BCUT2D eigenvalue weighted by molar-refractivity contribution is -0.115. The van der Waals surface area contributed by atoms with E-state index in [1.54, 1.807) is 0 Å². The first-order valence-electron chi connectivity index (χ1n) is 6.87. The first kappa shape index (κ1) is 15.7. The lowest BCUT2D eigenvalue weighted by atomic mass is 10.2. The van der Waals surface area contributed by atoms with Crippen molar-refractivity contribution in [3.63, 3.8) is 0 Å². The van der Waals surface area contributed by atoms with Crippen LogP contribution in [0, 0.1) is 6.92 Å². The molecule has 1 rings (SSSR count). The Labute approximate surface area is 115 Å². The highest BCUT2D eigenvalue weighted by atomic mass is 16.5. The third kappa shape index (κ3) is 7.59. The molecule has 0 heterocycles. The van der Waals surface area contributed by atoms with Crippen molar-refractivity contribution in [1.82, 2.24) is 5.32 Å². The number of anilines is 1. The number of unbranched alkanes of at least 4 members (excludes halogenated alkanes) is 1. The molecule has 0 saturated carbocycles. The van der Waals surface area contributed by atoms with E-state index < -0.39 is 0 Å². The van der Waals surface area contributed by atoms with Crippen LogP contribution in [0.2, 0.25) is 0 Å². The molecular formula is C15H24N2O2. The fourth-order valence-electron chi connectivity index (χ4n) is 1.62. The van der Waals surface area contributed by atoms with Crippen molar-refractivity contribution in [3.05, 3.63) is 29.8 Å². The first-order chi connectivity index (χ1) is 9.22. The van der Waals surface area contributed by atoms with Gasteiger partial charge in [-0.05, 0) is 31.0 Å². The summed E-state index contributed by atoms with van der Waals surface area (Å²) in [5.41, 5.74) is 1.97. The highest BCUT2D eigenvalue weighted by molar-refractivity contribution is 5.92. The number of ether oxygens (including phenoxy) is 1. The summed E-state index contributed by atoms with van der Waals surface area (Å²) in [5.74, 6) is -0.0286. The standard InChI is InChI=1S/C15H24N2O2/c1-3-4-9-19-10-8-16-12-15(18)17-14-7-5-6-13(2)11-14/h5-7,11,16H,3-4,8-10,12H2,1-2H3,(H,17,18). The van der Waals surface area contributed by atoms with E-state index in [4.69, 9.17) is 4.74 Å². The molecule has 0 unspecified atom stereocenters. The first-order valence-corrected chi connectivity index (χ1v) is 6.87. The molecular weight excluding hydrogens is 240 g/mol. The molecule has 19 heavy (non-hydrogen) atoms. The Morgan fingerprint density at radius 3 is 2.89 bits per heavy atom. The van der Waals surface area contributed by atoms with Gasteiger partial charge in [-0.1, -0.05) is 25.5 Å². The number of hydrogen-bond donors (Lipinski definition) is 2. The molecule has 0 radical (unpaired) electrons. The van der Waals surface area contributed by atoms with Crippen LogP contribution in [-0.2, 0) is 9.53 Å². The summed E-state index contributed by atoms with van der Waals surface area (Å²) in [6, 6.07) is 7.77. The number of amides is 1. The quantitative estimate of drug-likeness (QED) is 0.673. The highest BCUT2D eigenvalue weighted by Gasteiger charge is 2.01. The Balaban J connectivity index is 2.08. The minimum Gasteiger partial charge on any atom is -0.380 e. The molecule has 1 aromatic rings. The lowest BCUT2D eigenvalue weighted by Crippen LogP contribution is -2.30. The molecule has 0 spiro atoms. The van der Waals surface area contributed by atoms with Gasteiger partial charge in [0.15, 0.2) is 0 Å². The van der Waals surface area contributed by atoms with Gasteiger partial charge in [-0.2, -0.15) is 0 Å². The summed E-state index contributed by atoms with van der Waals surface area (Å²) in [4.78, 5) is 11.6. The van der Waals surface area contributed by atoms with E-state index >= 15 is 0 Å². The average molecular weight is 264 g/mol. The van der Waals surface area contributed by atoms with Gasteiger partial charge in [-0.3, -0.25) is 4.79 Å². The molecule has 4 heteroatoms. The number of carbonyl (C=O) groups is 1. The average Bonchev–Trinajstić information content (AvgIpc) is 2.37. The molecule has 0 atom stereocenters. The number of aryl methyl sites for hydroxylation is 1. The highest BCUT2D eigenvalue weighted by Crippen LogP contribution is 2.08. The van der Waals surface area contributed by atoms with Crippen LogP contribution in [0.25, 0.3) is 0 Å². The largest absolute Gasteiger partial charge is 0.380 e. The third-order valence-electron chi connectivity index (χ3n) is 2.65. The van der Waals surface area contributed by atoms with E-state index in [-0.39, 0.29) is 5.91 Å². The summed E-state index contributed by atoms with van der Waals surface area (Å²) >= 11 is 0. The van der Waals surface area contributed by atoms with Crippen molar-refractivity contribution in [2.75, 3.05) is 31.6 Å². The van der Waals surface area contributed by atoms with Gasteiger partial charge in [-0.15, -0.1) is 0 Å². The monoisotopic (exact) mass is 264 g/mol. The van der Waals surface area contributed by atoms with Gasteiger partial charge in [0.1, 0.15) is 0 Å². The van der Waals surface area contributed by atoms with Crippen LogP contribution in [0.3, 0.4) is 0 Å². The van der Waals surface area contributed by atoms with Crippen molar-refractivity contribution in [2.24, 2.45) is 0 Å². The Hall–Kier alpha value is -1.39. The summed E-state index contributed by atoms with van der Waals surface area (Å²) in [6.07, 6.45) is 2.24. The second-order valence-electron chi connectivity index (χ2n) is 4.56. The summed E-state index contributed by atoms with van der Waals surface area (Å²) < 4.78 is 5.40. The maximum atomic E-state index is 11.6. The molecule has 0 aliphatic carbocycles. The molecule has 1 amide bonds. The van der Waals surface area contributed by atoms with Crippen molar-refractivity contribution in [3.8, 4) is 0 Å². The molecule has 2 N–H and O–H groups in total. The summed E-state index contributed by atoms with van der Waals surface area (Å²) in [7, 11) is 0. The minimum absolute atomic E-state index is 0.0286. The number of carbonyl (C=O) groups excluding carboxylic acids is 1. The topological polar surface area (TPSA) is 50.4 Å². The predicted molar refractivity (Wildman–Crippen MR) is 78.4 cm³/mol. The van der Waals surface area contributed by atoms with Crippen molar-refractivity contribution in [1.29, 1.82) is 0 Å². The molecule has 4 nitrogen and oxygen atoms in total. The summed E-state index contributed by atoms with van der Waals surface area (Å²) in [6.45, 7) is 6.60. The van der Waals surface area contributed by atoms with Crippen molar-refractivity contribution in [2.45, 2.75) is 26.7 Å². The molecule has 0 aliphatic rings. The fourth-order valence-corrected chi connectivity index (χ4v) is 1.62. The Bertz CT molecular complexity index is 380. The van der Waals surface area contributed by atoms with Gasteiger partial charge < -0.3 is 15.4 Å². The van der Waals surface area contributed by atoms with E-state index in [0.717, 1.165) is 30.7 Å². The number of rotatable bonds is 9. The number of nitrogens with one attached hydrogen (secondary N) is 2. The normalized spacial score (nSPS) is 10.4. The Morgan fingerprint density at radius 1 is 1.32 bits per heavy atom. The van der Waals surface area contributed by atoms with Gasteiger partial charge in [-0.25, -0.2) is 0 Å². The zero-order valence-electron chi connectivity index (χ0n) is 11.9. The molecule has 0 bridgehead atoms. The van der Waals surface area contributed by atoms with E-state index in [1.165, 1.54) is 0 Å². The smallest absolute Gasteiger partial charge is 0.238 e. The van der Waals surface area contributed by atoms with E-state index in [0.29, 0.717) is 19.7 Å². The van der Waals surface area contributed by atoms with Crippen LogP contribution in [0.4, 0.5) is 5.69 Å². The van der Waals surface area contributed by atoms with Crippen LogP contribution in [-0.4, -0.2) is 32.2 Å².